The zero-order valence-electron chi connectivity index (χ0n) is 14.6. The van der Waals surface area contributed by atoms with E-state index in [2.05, 4.69) is 22.5 Å². The van der Waals surface area contributed by atoms with Crippen LogP contribution < -0.4 is 10.6 Å². The van der Waals surface area contributed by atoms with Crippen LogP contribution in [0.2, 0.25) is 0 Å². The highest BCUT2D eigenvalue weighted by molar-refractivity contribution is 5.67. The first-order chi connectivity index (χ1) is 10.7. The minimum atomic E-state index is -0.511. The highest BCUT2D eigenvalue weighted by Gasteiger charge is 2.18. The molecule has 23 heavy (non-hydrogen) atoms. The minimum Gasteiger partial charge on any atom is -0.444 e. The molecular weight excluding hydrogens is 297 g/mol. The van der Waals surface area contributed by atoms with Crippen LogP contribution in [0.3, 0.4) is 0 Å². The molecule has 2 unspecified atom stereocenters. The van der Waals surface area contributed by atoms with Crippen LogP contribution in [0.1, 0.15) is 59.2 Å². The van der Waals surface area contributed by atoms with Crippen LogP contribution in [0.5, 0.6) is 0 Å². The number of halogens is 1. The lowest BCUT2D eigenvalue weighted by molar-refractivity contribution is 0.0521. The molecule has 0 fully saturated rings. The van der Waals surface area contributed by atoms with Gasteiger partial charge in [-0.15, -0.1) is 0 Å². The van der Waals surface area contributed by atoms with Crippen molar-refractivity contribution in [1.82, 2.24) is 15.6 Å². The maximum Gasteiger partial charge on any atom is 0.407 e. The summed E-state index contributed by atoms with van der Waals surface area (Å²) in [6.45, 7) is 10.0. The number of amides is 1. The van der Waals surface area contributed by atoms with Crippen LogP contribution in [0.15, 0.2) is 18.3 Å². The summed E-state index contributed by atoms with van der Waals surface area (Å²) in [7, 11) is 0. The maximum absolute atomic E-state index is 12.9. The van der Waals surface area contributed by atoms with Gasteiger partial charge in [0.25, 0.3) is 0 Å². The number of carbonyl (C=O) groups is 1. The van der Waals surface area contributed by atoms with E-state index in [0.717, 1.165) is 18.5 Å². The largest absolute Gasteiger partial charge is 0.444 e. The standard InChI is InChI=1S/C17H28FN3O2/c1-6-7-14(11-20-16(22)23-17(3,4)5)21-12(2)15-9-8-13(18)10-19-15/h8-10,12,14,21H,6-7,11H2,1-5H3,(H,20,22). The van der Waals surface area contributed by atoms with Gasteiger partial charge in [0, 0.05) is 18.6 Å². The molecular formula is C17H28FN3O2. The molecule has 0 aromatic carbocycles. The zero-order chi connectivity index (χ0) is 17.5. The number of hydrogen-bond acceptors (Lipinski definition) is 4. The molecule has 0 saturated carbocycles. The topological polar surface area (TPSA) is 63.2 Å². The summed E-state index contributed by atoms with van der Waals surface area (Å²) in [6.07, 6.45) is 2.67. The Bertz CT molecular complexity index is 486. The van der Waals surface area contributed by atoms with Crippen LogP contribution in [0.25, 0.3) is 0 Å². The van der Waals surface area contributed by atoms with Gasteiger partial charge in [-0.25, -0.2) is 9.18 Å². The molecule has 0 aliphatic heterocycles. The summed E-state index contributed by atoms with van der Waals surface area (Å²) in [5, 5.41) is 6.20. The van der Waals surface area contributed by atoms with Crippen LogP contribution in [0, 0.1) is 5.82 Å². The number of aromatic nitrogens is 1. The van der Waals surface area contributed by atoms with Crippen molar-refractivity contribution in [3.05, 3.63) is 29.8 Å². The molecule has 130 valence electrons. The van der Waals surface area contributed by atoms with Crippen molar-refractivity contribution in [2.45, 2.75) is 65.1 Å². The number of nitrogens with zero attached hydrogens (tertiary/aromatic N) is 1. The van der Waals surface area contributed by atoms with Gasteiger partial charge < -0.3 is 15.4 Å². The maximum atomic E-state index is 12.9. The summed E-state index contributed by atoms with van der Waals surface area (Å²) < 4.78 is 18.2. The van der Waals surface area contributed by atoms with Gasteiger partial charge >= 0.3 is 6.09 Å². The predicted octanol–water partition coefficient (Wildman–Crippen LogP) is 3.56. The fraction of sp³-hybridized carbons (Fsp3) is 0.647. The second kappa shape index (κ2) is 8.82. The Morgan fingerprint density at radius 1 is 1.39 bits per heavy atom. The molecule has 2 N–H and O–H groups in total. The van der Waals surface area contributed by atoms with Crippen molar-refractivity contribution < 1.29 is 13.9 Å². The average molecular weight is 325 g/mol. The number of rotatable bonds is 7. The number of hydrogen-bond donors (Lipinski definition) is 2. The molecule has 1 rings (SSSR count). The molecule has 2 atom stereocenters. The number of ether oxygens (including phenoxy) is 1. The van der Waals surface area contributed by atoms with Crippen molar-refractivity contribution in [3.8, 4) is 0 Å². The molecule has 1 aromatic heterocycles. The fourth-order valence-electron chi connectivity index (χ4n) is 2.20. The molecule has 0 aliphatic carbocycles. The van der Waals surface area contributed by atoms with Crippen LogP contribution in [-0.4, -0.2) is 29.3 Å². The fourth-order valence-corrected chi connectivity index (χ4v) is 2.20. The summed E-state index contributed by atoms with van der Waals surface area (Å²) >= 11 is 0. The second-order valence-corrected chi connectivity index (χ2v) is 6.66. The van der Waals surface area contributed by atoms with E-state index in [4.69, 9.17) is 4.74 Å². The SMILES string of the molecule is CCCC(CNC(=O)OC(C)(C)C)NC(C)c1ccc(F)cn1. The van der Waals surface area contributed by atoms with Gasteiger partial charge in [-0.1, -0.05) is 13.3 Å². The molecule has 1 heterocycles. The van der Waals surface area contributed by atoms with Crippen molar-refractivity contribution in [1.29, 1.82) is 0 Å². The highest BCUT2D eigenvalue weighted by Crippen LogP contribution is 2.12. The van der Waals surface area contributed by atoms with E-state index < -0.39 is 11.7 Å². The summed E-state index contributed by atoms with van der Waals surface area (Å²) in [6, 6.07) is 3.12. The molecule has 0 radical (unpaired) electrons. The van der Waals surface area contributed by atoms with Gasteiger partial charge in [-0.05, 0) is 46.2 Å². The molecule has 1 amide bonds. The predicted molar refractivity (Wildman–Crippen MR) is 88.7 cm³/mol. The van der Waals surface area contributed by atoms with Crippen molar-refractivity contribution in [2.75, 3.05) is 6.54 Å². The highest BCUT2D eigenvalue weighted by atomic mass is 19.1. The Morgan fingerprint density at radius 2 is 2.09 bits per heavy atom. The molecule has 0 saturated heterocycles. The molecule has 0 aliphatic rings. The lowest BCUT2D eigenvalue weighted by atomic mass is 10.1. The molecule has 5 nitrogen and oxygen atoms in total. The van der Waals surface area contributed by atoms with Crippen molar-refractivity contribution in [2.24, 2.45) is 0 Å². The van der Waals surface area contributed by atoms with Crippen molar-refractivity contribution in [3.63, 3.8) is 0 Å². The van der Waals surface area contributed by atoms with E-state index in [1.807, 2.05) is 27.7 Å². The Kier molecular flexibility index (Phi) is 7.42. The summed E-state index contributed by atoms with van der Waals surface area (Å²) in [4.78, 5) is 15.8. The zero-order valence-corrected chi connectivity index (χ0v) is 14.6. The molecule has 0 spiro atoms. The Morgan fingerprint density at radius 3 is 2.61 bits per heavy atom. The first-order valence-corrected chi connectivity index (χ1v) is 8.05. The Labute approximate surface area is 138 Å². The third-order valence-corrected chi connectivity index (χ3v) is 3.21. The Hall–Kier alpha value is -1.69. The lowest BCUT2D eigenvalue weighted by Gasteiger charge is -2.25. The first-order valence-electron chi connectivity index (χ1n) is 8.05. The van der Waals surface area contributed by atoms with Crippen LogP contribution in [-0.2, 0) is 4.74 Å². The number of alkyl carbamates (subject to hydrolysis) is 1. The van der Waals surface area contributed by atoms with Gasteiger partial charge in [0.15, 0.2) is 0 Å². The van der Waals surface area contributed by atoms with E-state index in [1.54, 1.807) is 6.07 Å². The third kappa shape index (κ3) is 7.93. The number of carbonyl (C=O) groups excluding carboxylic acids is 1. The lowest BCUT2D eigenvalue weighted by Crippen LogP contribution is -2.43. The minimum absolute atomic E-state index is 0.0346. The monoisotopic (exact) mass is 325 g/mol. The summed E-state index contributed by atoms with van der Waals surface area (Å²) in [5.74, 6) is -0.349. The average Bonchev–Trinajstić information content (AvgIpc) is 2.44. The third-order valence-electron chi connectivity index (χ3n) is 3.21. The van der Waals surface area contributed by atoms with E-state index in [1.165, 1.54) is 12.3 Å². The van der Waals surface area contributed by atoms with Crippen LogP contribution >= 0.6 is 0 Å². The number of pyridine rings is 1. The molecule has 0 bridgehead atoms. The summed E-state index contributed by atoms with van der Waals surface area (Å²) in [5.41, 5.74) is 0.257. The van der Waals surface area contributed by atoms with Gasteiger partial charge in [0.05, 0.1) is 11.9 Å². The number of nitrogens with one attached hydrogen (secondary N) is 2. The van der Waals surface area contributed by atoms with E-state index >= 15 is 0 Å². The van der Waals surface area contributed by atoms with E-state index in [9.17, 15) is 9.18 Å². The van der Waals surface area contributed by atoms with E-state index in [0.29, 0.717) is 6.54 Å². The second-order valence-electron chi connectivity index (χ2n) is 6.66. The normalized spacial score (nSPS) is 14.2. The Balaban J connectivity index is 2.54. The first kappa shape index (κ1) is 19.4. The molecule has 1 aromatic rings. The van der Waals surface area contributed by atoms with Gasteiger partial charge in [-0.3, -0.25) is 4.98 Å². The quantitative estimate of drug-likeness (QED) is 0.804. The molecule has 6 heteroatoms. The smallest absolute Gasteiger partial charge is 0.407 e. The van der Waals surface area contributed by atoms with Crippen LogP contribution in [0.4, 0.5) is 9.18 Å². The van der Waals surface area contributed by atoms with Gasteiger partial charge in [0.2, 0.25) is 0 Å². The van der Waals surface area contributed by atoms with Gasteiger partial charge in [-0.2, -0.15) is 0 Å². The van der Waals surface area contributed by atoms with E-state index in [-0.39, 0.29) is 17.9 Å². The van der Waals surface area contributed by atoms with Crippen molar-refractivity contribution >= 4 is 6.09 Å². The van der Waals surface area contributed by atoms with Gasteiger partial charge in [0.1, 0.15) is 11.4 Å².